The highest BCUT2D eigenvalue weighted by atomic mass is 32.2. The number of rotatable bonds is 6. The first-order chi connectivity index (χ1) is 11.9. The molecule has 0 aliphatic rings. The van der Waals surface area contributed by atoms with Crippen molar-refractivity contribution in [2.75, 3.05) is 0 Å². The van der Waals surface area contributed by atoms with Crippen molar-refractivity contribution in [2.45, 2.75) is 57.2 Å². The molecule has 2 N–H and O–H groups in total. The number of halogens is 2. The topological polar surface area (TPSA) is 70.7 Å². The van der Waals surface area contributed by atoms with Gasteiger partial charge < -0.3 is 0 Å². The van der Waals surface area contributed by atoms with Gasteiger partial charge in [0, 0.05) is 0 Å². The molecular weight excluding hydrogens is 374 g/mol. The first-order valence-electron chi connectivity index (χ1n) is 8.41. The van der Waals surface area contributed by atoms with Gasteiger partial charge in [-0.1, -0.05) is 25.7 Å². The maximum atomic E-state index is 13.8. The summed E-state index contributed by atoms with van der Waals surface area (Å²) < 4.78 is 42.4. The van der Waals surface area contributed by atoms with E-state index in [2.05, 4.69) is 39.8 Å². The Morgan fingerprint density at radius 1 is 1.19 bits per heavy atom. The zero-order chi connectivity index (χ0) is 19.7. The van der Waals surface area contributed by atoms with Gasteiger partial charge in [-0.2, -0.15) is 15.4 Å². The number of aromatic amines is 1. The van der Waals surface area contributed by atoms with Crippen LogP contribution in [0.2, 0.25) is 19.6 Å². The predicted molar refractivity (Wildman–Crippen MR) is 103 cm³/mol. The van der Waals surface area contributed by atoms with Crippen LogP contribution in [0, 0.1) is 11.6 Å². The molecule has 0 saturated carbocycles. The van der Waals surface area contributed by atoms with E-state index in [1.54, 1.807) is 0 Å². The van der Waals surface area contributed by atoms with Crippen molar-refractivity contribution in [2.24, 2.45) is 0 Å². The molecule has 144 valence electrons. The smallest absolute Gasteiger partial charge is 0.159 e. The van der Waals surface area contributed by atoms with E-state index < -0.39 is 41.5 Å². The molecule has 0 spiro atoms. The Labute approximate surface area is 156 Å². The fraction of sp³-hybridized carbons (Fsp3) is 0.529. The van der Waals surface area contributed by atoms with Gasteiger partial charge in [0.05, 0.1) is 35.5 Å². The van der Waals surface area contributed by atoms with E-state index in [0.717, 1.165) is 23.9 Å². The van der Waals surface area contributed by atoms with Crippen molar-refractivity contribution in [3.05, 3.63) is 46.8 Å². The minimum Gasteiger partial charge on any atom is -0.242 e. The van der Waals surface area contributed by atoms with Crippen molar-refractivity contribution < 1.29 is 13.0 Å². The van der Waals surface area contributed by atoms with Crippen LogP contribution in [0.3, 0.4) is 0 Å². The van der Waals surface area contributed by atoms with Crippen LogP contribution in [0.25, 0.3) is 0 Å². The highest BCUT2D eigenvalue weighted by Crippen LogP contribution is 2.27. The minimum atomic E-state index is -1.50. The average Bonchev–Trinajstić information content (AvgIpc) is 2.92. The molecule has 2 unspecified atom stereocenters. The van der Waals surface area contributed by atoms with Gasteiger partial charge in [-0.05, 0) is 44.5 Å². The zero-order valence-corrected chi connectivity index (χ0v) is 17.8. The van der Waals surface area contributed by atoms with Gasteiger partial charge in [0.2, 0.25) is 0 Å². The Kier molecular flexibility index (Phi) is 6.14. The van der Waals surface area contributed by atoms with Gasteiger partial charge in [0.1, 0.15) is 5.69 Å². The summed E-state index contributed by atoms with van der Waals surface area (Å²) in [6.07, 6.45) is 0. The lowest BCUT2D eigenvalue weighted by Crippen LogP contribution is -2.37. The van der Waals surface area contributed by atoms with Gasteiger partial charge in [0.15, 0.2) is 11.6 Å². The number of hydrogen-bond acceptors (Lipinski definition) is 3. The molecule has 0 bridgehead atoms. The normalized spacial score (nSPS) is 15.1. The summed E-state index contributed by atoms with van der Waals surface area (Å²) in [5, 5.41) is 11.1. The maximum Gasteiger partial charge on any atom is 0.159 e. The van der Waals surface area contributed by atoms with Crippen LogP contribution < -0.4 is 4.72 Å². The van der Waals surface area contributed by atoms with Crippen molar-refractivity contribution in [3.63, 3.8) is 0 Å². The van der Waals surface area contributed by atoms with Gasteiger partial charge in [0.25, 0.3) is 0 Å². The van der Waals surface area contributed by atoms with Crippen LogP contribution in [0.5, 0.6) is 0 Å². The van der Waals surface area contributed by atoms with E-state index in [9.17, 15) is 13.0 Å². The molecular formula is C17H26F2N4OSSi. The lowest BCUT2D eigenvalue weighted by Gasteiger charge is -2.25. The van der Waals surface area contributed by atoms with Crippen LogP contribution in [0.1, 0.15) is 43.8 Å². The SMILES string of the molecule is CC(C)(C)S(=O)NC(c1ccc(F)c(F)c1)c1n[nH]nc1C[Si](C)(C)C. The molecule has 0 amide bonds. The fourth-order valence-corrected chi connectivity index (χ4v) is 4.46. The third-order valence-electron chi connectivity index (χ3n) is 3.68. The highest BCUT2D eigenvalue weighted by molar-refractivity contribution is 7.84. The molecule has 26 heavy (non-hydrogen) atoms. The van der Waals surface area contributed by atoms with Crippen molar-refractivity contribution in [1.82, 2.24) is 20.1 Å². The van der Waals surface area contributed by atoms with Gasteiger partial charge in [-0.3, -0.25) is 0 Å². The molecule has 5 nitrogen and oxygen atoms in total. The van der Waals surface area contributed by atoms with Crippen LogP contribution >= 0.6 is 0 Å². The molecule has 0 fully saturated rings. The Morgan fingerprint density at radius 3 is 2.38 bits per heavy atom. The molecule has 0 saturated heterocycles. The van der Waals surface area contributed by atoms with E-state index in [0.29, 0.717) is 11.3 Å². The summed E-state index contributed by atoms with van der Waals surface area (Å²) >= 11 is 0. The number of nitrogens with one attached hydrogen (secondary N) is 2. The third-order valence-corrected chi connectivity index (χ3v) is 6.64. The number of benzene rings is 1. The second-order valence-corrected chi connectivity index (χ2v) is 16.0. The summed E-state index contributed by atoms with van der Waals surface area (Å²) in [6.45, 7) is 12.1. The lowest BCUT2D eigenvalue weighted by molar-refractivity contribution is 0.505. The van der Waals surface area contributed by atoms with E-state index in [4.69, 9.17) is 0 Å². The fourth-order valence-electron chi connectivity index (χ4n) is 2.38. The highest BCUT2D eigenvalue weighted by Gasteiger charge is 2.30. The molecule has 0 radical (unpaired) electrons. The molecule has 2 rings (SSSR count). The molecule has 9 heteroatoms. The summed E-state index contributed by atoms with van der Waals surface area (Å²) in [7, 11) is -2.93. The number of aromatic nitrogens is 3. The van der Waals surface area contributed by atoms with Crippen molar-refractivity contribution in [3.8, 4) is 0 Å². The van der Waals surface area contributed by atoms with Crippen LogP contribution in [0.15, 0.2) is 18.2 Å². The van der Waals surface area contributed by atoms with Crippen molar-refractivity contribution >= 4 is 19.1 Å². The Bertz CT molecular complexity index is 799. The molecule has 2 atom stereocenters. The largest absolute Gasteiger partial charge is 0.242 e. The summed E-state index contributed by atoms with van der Waals surface area (Å²) in [5.41, 5.74) is 1.78. The van der Waals surface area contributed by atoms with Crippen molar-refractivity contribution in [1.29, 1.82) is 0 Å². The first-order valence-corrected chi connectivity index (χ1v) is 13.3. The molecule has 1 aromatic heterocycles. The van der Waals surface area contributed by atoms with Crippen LogP contribution in [0.4, 0.5) is 8.78 Å². The predicted octanol–water partition coefficient (Wildman–Crippen LogP) is 3.64. The molecule has 0 aliphatic carbocycles. The van der Waals surface area contributed by atoms with E-state index in [1.807, 2.05) is 20.8 Å². The number of H-pyrrole nitrogens is 1. The summed E-state index contributed by atoms with van der Waals surface area (Å²) in [4.78, 5) is 0. The molecule has 2 aromatic rings. The van der Waals surface area contributed by atoms with E-state index >= 15 is 0 Å². The Hall–Kier alpha value is -1.45. The quantitative estimate of drug-likeness (QED) is 0.727. The lowest BCUT2D eigenvalue weighted by atomic mass is 10.0. The number of nitrogens with zero attached hydrogens (tertiary/aromatic N) is 2. The summed E-state index contributed by atoms with van der Waals surface area (Å²) in [5.74, 6) is -1.88. The monoisotopic (exact) mass is 400 g/mol. The Morgan fingerprint density at radius 2 is 1.85 bits per heavy atom. The van der Waals surface area contributed by atoms with Gasteiger partial charge >= 0.3 is 0 Å². The first kappa shape index (κ1) is 20.9. The van der Waals surface area contributed by atoms with Gasteiger partial charge in [-0.25, -0.2) is 17.7 Å². The average molecular weight is 401 g/mol. The molecule has 1 aromatic carbocycles. The van der Waals surface area contributed by atoms with Crippen LogP contribution in [-0.4, -0.2) is 32.4 Å². The second kappa shape index (κ2) is 7.65. The molecule has 1 heterocycles. The van der Waals surface area contributed by atoms with E-state index in [-0.39, 0.29) is 0 Å². The van der Waals surface area contributed by atoms with Gasteiger partial charge in [-0.15, -0.1) is 0 Å². The third kappa shape index (κ3) is 5.27. The number of hydrogen-bond donors (Lipinski definition) is 2. The molecule has 0 aliphatic heterocycles. The standard InChI is InChI=1S/C17H26F2N4OSSi/c1-17(2,3)25(24)22-15(11-7-8-12(18)13(19)9-11)16-14(20-23-21-16)10-26(4,5)6/h7-9,15,22H,10H2,1-6H3,(H,20,21,23). The minimum absolute atomic E-state index is 0.451. The van der Waals surface area contributed by atoms with E-state index in [1.165, 1.54) is 6.07 Å². The maximum absolute atomic E-state index is 13.8. The van der Waals surface area contributed by atoms with Crippen LogP contribution in [-0.2, 0) is 17.0 Å². The zero-order valence-electron chi connectivity index (χ0n) is 16.0. The summed E-state index contributed by atoms with van der Waals surface area (Å²) in [6, 6.07) is 3.76. The second-order valence-electron chi connectivity index (χ2n) is 8.50. The Balaban J connectivity index is 2.49.